The maximum atomic E-state index is 12.3. The normalized spacial score (nSPS) is 11.2. The molecule has 2 rings (SSSR count). The maximum absolute atomic E-state index is 12.3. The third-order valence-corrected chi connectivity index (χ3v) is 2.61. The number of nitrogens with zero attached hydrogens (tertiary/aromatic N) is 1. The van der Waals surface area contributed by atoms with Crippen molar-refractivity contribution in [1.82, 2.24) is 10.3 Å². The summed E-state index contributed by atoms with van der Waals surface area (Å²) in [6.45, 7) is 0.306. The predicted molar refractivity (Wildman–Crippen MR) is 66.9 cm³/mol. The Kier molecular flexibility index (Phi) is 4.02. The average Bonchev–Trinajstić information content (AvgIpc) is 2.45. The average molecular weight is 280 g/mol. The zero-order chi connectivity index (χ0) is 14.6. The van der Waals surface area contributed by atoms with E-state index in [4.69, 9.17) is 0 Å². The molecule has 2 aromatic rings. The van der Waals surface area contributed by atoms with Crippen molar-refractivity contribution in [2.45, 2.75) is 12.7 Å². The van der Waals surface area contributed by atoms with Gasteiger partial charge in [0, 0.05) is 12.7 Å². The van der Waals surface area contributed by atoms with Gasteiger partial charge in [0.25, 0.3) is 5.91 Å². The van der Waals surface area contributed by atoms with E-state index in [1.54, 1.807) is 0 Å². The van der Waals surface area contributed by atoms with Crippen molar-refractivity contribution in [3.63, 3.8) is 0 Å². The minimum Gasteiger partial charge on any atom is -0.348 e. The quantitative estimate of drug-likeness (QED) is 0.939. The third kappa shape index (κ3) is 3.57. The van der Waals surface area contributed by atoms with Gasteiger partial charge in [-0.05, 0) is 17.7 Å². The number of alkyl halides is 3. The predicted octanol–water partition coefficient (Wildman–Crippen LogP) is 3.03. The van der Waals surface area contributed by atoms with Crippen molar-refractivity contribution in [1.29, 1.82) is 0 Å². The van der Waals surface area contributed by atoms with Crippen LogP contribution < -0.4 is 5.32 Å². The van der Waals surface area contributed by atoms with Crippen molar-refractivity contribution in [2.24, 2.45) is 0 Å². The molecular weight excluding hydrogens is 269 g/mol. The van der Waals surface area contributed by atoms with Crippen LogP contribution in [0.2, 0.25) is 0 Å². The molecule has 0 fully saturated rings. The molecular formula is C14H11F3N2O. The number of carbonyl (C=O) groups excluding carboxylic acids is 1. The molecule has 104 valence electrons. The summed E-state index contributed by atoms with van der Waals surface area (Å²) in [5.74, 6) is -0.463. The highest BCUT2D eigenvalue weighted by Crippen LogP contribution is 2.27. The van der Waals surface area contributed by atoms with Gasteiger partial charge >= 0.3 is 6.18 Å². The number of amides is 1. The standard InChI is InChI=1S/C14H11F3N2O/c15-14(16,17)12-7-6-11(9-18-12)13(20)19-8-10-4-2-1-3-5-10/h1-7,9H,8H2,(H,19,20). The summed E-state index contributed by atoms with van der Waals surface area (Å²) in [4.78, 5) is 15.0. The molecule has 3 nitrogen and oxygen atoms in total. The van der Waals surface area contributed by atoms with Crippen molar-refractivity contribution >= 4 is 5.91 Å². The second-order valence-corrected chi connectivity index (χ2v) is 4.10. The highest BCUT2D eigenvalue weighted by molar-refractivity contribution is 5.93. The third-order valence-electron chi connectivity index (χ3n) is 2.61. The molecule has 0 atom stereocenters. The van der Waals surface area contributed by atoms with Crippen LogP contribution in [0, 0.1) is 0 Å². The Labute approximate surface area is 113 Å². The number of rotatable bonds is 3. The molecule has 0 saturated heterocycles. The van der Waals surface area contributed by atoms with Gasteiger partial charge in [-0.25, -0.2) is 0 Å². The Morgan fingerprint density at radius 2 is 1.80 bits per heavy atom. The Balaban J connectivity index is 1.99. The van der Waals surface area contributed by atoms with Crippen LogP contribution >= 0.6 is 0 Å². The molecule has 0 aliphatic rings. The van der Waals surface area contributed by atoms with Crippen LogP contribution in [0.15, 0.2) is 48.7 Å². The lowest BCUT2D eigenvalue weighted by Crippen LogP contribution is -2.23. The molecule has 20 heavy (non-hydrogen) atoms. The van der Waals surface area contributed by atoms with Crippen molar-refractivity contribution in [3.05, 3.63) is 65.5 Å². The minimum absolute atomic E-state index is 0.0916. The van der Waals surface area contributed by atoms with E-state index in [2.05, 4.69) is 10.3 Å². The Bertz CT molecular complexity index is 580. The summed E-state index contributed by atoms with van der Waals surface area (Å²) >= 11 is 0. The number of aromatic nitrogens is 1. The first-order chi connectivity index (χ1) is 9.47. The first-order valence-corrected chi connectivity index (χ1v) is 5.82. The van der Waals surface area contributed by atoms with E-state index in [9.17, 15) is 18.0 Å². The van der Waals surface area contributed by atoms with E-state index in [-0.39, 0.29) is 5.56 Å². The fourth-order valence-electron chi connectivity index (χ4n) is 1.58. The topological polar surface area (TPSA) is 42.0 Å². The number of halogens is 3. The lowest BCUT2D eigenvalue weighted by atomic mass is 10.2. The number of pyridine rings is 1. The van der Waals surface area contributed by atoms with E-state index >= 15 is 0 Å². The summed E-state index contributed by atoms with van der Waals surface area (Å²) in [5, 5.41) is 2.61. The van der Waals surface area contributed by atoms with Gasteiger partial charge in [-0.3, -0.25) is 9.78 Å². The first kappa shape index (κ1) is 14.0. The zero-order valence-electron chi connectivity index (χ0n) is 10.3. The van der Waals surface area contributed by atoms with Gasteiger partial charge in [0.1, 0.15) is 5.69 Å². The van der Waals surface area contributed by atoms with Gasteiger partial charge in [-0.1, -0.05) is 30.3 Å². The molecule has 0 unspecified atom stereocenters. The van der Waals surface area contributed by atoms with Crippen molar-refractivity contribution < 1.29 is 18.0 Å². The number of hydrogen-bond acceptors (Lipinski definition) is 2. The molecule has 0 bridgehead atoms. The van der Waals surface area contributed by atoms with E-state index in [0.717, 1.165) is 23.9 Å². The molecule has 1 N–H and O–H groups in total. The van der Waals surface area contributed by atoms with Crippen LogP contribution in [0.3, 0.4) is 0 Å². The number of carbonyl (C=O) groups is 1. The number of nitrogens with one attached hydrogen (secondary N) is 1. The molecule has 1 amide bonds. The first-order valence-electron chi connectivity index (χ1n) is 5.82. The highest BCUT2D eigenvalue weighted by atomic mass is 19.4. The van der Waals surface area contributed by atoms with E-state index in [1.807, 2.05) is 30.3 Å². The number of benzene rings is 1. The molecule has 0 aliphatic carbocycles. The zero-order valence-corrected chi connectivity index (χ0v) is 10.3. The summed E-state index contributed by atoms with van der Waals surface area (Å²) < 4.78 is 37.0. The van der Waals surface area contributed by atoms with Gasteiger partial charge < -0.3 is 5.32 Å². The SMILES string of the molecule is O=C(NCc1ccccc1)c1ccc(C(F)(F)F)nc1. The molecule has 6 heteroatoms. The molecule has 0 aliphatic heterocycles. The van der Waals surface area contributed by atoms with E-state index in [1.165, 1.54) is 0 Å². The Morgan fingerprint density at radius 3 is 2.35 bits per heavy atom. The molecule has 1 aromatic carbocycles. The summed E-state index contributed by atoms with van der Waals surface area (Å²) in [7, 11) is 0. The van der Waals surface area contributed by atoms with Gasteiger partial charge in [0.05, 0.1) is 5.56 Å². The van der Waals surface area contributed by atoms with Crippen LogP contribution in [0.4, 0.5) is 13.2 Å². The Morgan fingerprint density at radius 1 is 1.10 bits per heavy atom. The van der Waals surface area contributed by atoms with E-state index < -0.39 is 17.8 Å². The molecule has 0 saturated carbocycles. The summed E-state index contributed by atoms with van der Waals surface area (Å²) in [5.41, 5.74) is -0.0215. The fraction of sp³-hybridized carbons (Fsp3) is 0.143. The minimum atomic E-state index is -4.50. The largest absolute Gasteiger partial charge is 0.433 e. The molecule has 0 spiro atoms. The molecule has 1 aromatic heterocycles. The smallest absolute Gasteiger partial charge is 0.348 e. The van der Waals surface area contributed by atoms with Crippen LogP contribution in [-0.4, -0.2) is 10.9 Å². The Hall–Kier alpha value is -2.37. The van der Waals surface area contributed by atoms with Crippen LogP contribution in [0.1, 0.15) is 21.6 Å². The lowest BCUT2D eigenvalue weighted by molar-refractivity contribution is -0.141. The molecule has 0 radical (unpaired) electrons. The van der Waals surface area contributed by atoms with Crippen LogP contribution in [0.5, 0.6) is 0 Å². The van der Waals surface area contributed by atoms with Crippen LogP contribution in [-0.2, 0) is 12.7 Å². The summed E-state index contributed by atoms with van der Waals surface area (Å²) in [6.07, 6.45) is -3.58. The van der Waals surface area contributed by atoms with Crippen molar-refractivity contribution in [2.75, 3.05) is 0 Å². The van der Waals surface area contributed by atoms with Crippen molar-refractivity contribution in [3.8, 4) is 0 Å². The van der Waals surface area contributed by atoms with Gasteiger partial charge in [0.15, 0.2) is 0 Å². The maximum Gasteiger partial charge on any atom is 0.433 e. The van der Waals surface area contributed by atoms with Crippen LogP contribution in [0.25, 0.3) is 0 Å². The lowest BCUT2D eigenvalue weighted by Gasteiger charge is -2.07. The fourth-order valence-corrected chi connectivity index (χ4v) is 1.58. The second-order valence-electron chi connectivity index (χ2n) is 4.10. The van der Waals surface area contributed by atoms with Gasteiger partial charge in [-0.2, -0.15) is 13.2 Å². The second kappa shape index (κ2) is 5.73. The number of hydrogen-bond donors (Lipinski definition) is 1. The summed E-state index contributed by atoms with van der Waals surface area (Å²) in [6, 6.07) is 11.1. The van der Waals surface area contributed by atoms with Gasteiger partial charge in [-0.15, -0.1) is 0 Å². The van der Waals surface area contributed by atoms with E-state index in [0.29, 0.717) is 6.54 Å². The van der Waals surface area contributed by atoms with Gasteiger partial charge in [0.2, 0.25) is 0 Å². The molecule has 1 heterocycles. The highest BCUT2D eigenvalue weighted by Gasteiger charge is 2.32. The monoisotopic (exact) mass is 280 g/mol.